The molecule has 0 aliphatic rings. The number of para-hydroxylation sites is 1. The third-order valence-corrected chi connectivity index (χ3v) is 6.13. The van der Waals surface area contributed by atoms with Gasteiger partial charge in [0.2, 0.25) is 15.8 Å². The van der Waals surface area contributed by atoms with Crippen molar-refractivity contribution in [1.29, 1.82) is 0 Å². The number of carbonyl (C=O) groups excluding carboxylic acids is 2. The molecule has 0 bridgehead atoms. The Bertz CT molecular complexity index is 1180. The molecule has 0 radical (unpaired) electrons. The minimum atomic E-state index is -3.86. The van der Waals surface area contributed by atoms with Gasteiger partial charge in [-0.05, 0) is 50.1 Å². The summed E-state index contributed by atoms with van der Waals surface area (Å²) in [6.45, 7) is 4.57. The predicted molar refractivity (Wildman–Crippen MR) is 109 cm³/mol. The molecular formula is C21H22N2O5S. The average molecular weight is 414 g/mol. The number of Topliss-reactive ketones (excluding diaryl/α,β-unsaturated/α-hetero) is 1. The first-order chi connectivity index (χ1) is 13.7. The number of ketones is 1. The van der Waals surface area contributed by atoms with Crippen molar-refractivity contribution in [1.82, 2.24) is 9.71 Å². The number of hydrogen-bond donors (Lipinski definition) is 2. The molecule has 0 fully saturated rings. The summed E-state index contributed by atoms with van der Waals surface area (Å²) in [7, 11) is -3.86. The van der Waals surface area contributed by atoms with Gasteiger partial charge in [-0.3, -0.25) is 9.59 Å². The maximum Gasteiger partial charge on any atom is 0.321 e. The summed E-state index contributed by atoms with van der Waals surface area (Å²) in [5, 5.41) is 0.732. The third kappa shape index (κ3) is 4.55. The van der Waals surface area contributed by atoms with Gasteiger partial charge in [0.15, 0.2) is 6.10 Å². The van der Waals surface area contributed by atoms with Crippen LogP contribution in [0, 0.1) is 13.8 Å². The van der Waals surface area contributed by atoms with Crippen molar-refractivity contribution in [3.8, 4) is 0 Å². The highest BCUT2D eigenvalue weighted by Crippen LogP contribution is 2.20. The molecule has 8 heteroatoms. The van der Waals surface area contributed by atoms with Gasteiger partial charge in [-0.25, -0.2) is 8.42 Å². The SMILES string of the molecule is Cc1ccc(S(=O)(=O)NCC(=O)OC(C)C(=O)c2c[nH]c3ccccc23)cc1C. The van der Waals surface area contributed by atoms with E-state index in [1.54, 1.807) is 25.3 Å². The van der Waals surface area contributed by atoms with Crippen LogP contribution in [-0.4, -0.2) is 37.8 Å². The van der Waals surface area contributed by atoms with Crippen LogP contribution in [0.5, 0.6) is 0 Å². The van der Waals surface area contributed by atoms with Crippen molar-refractivity contribution in [2.24, 2.45) is 0 Å². The lowest BCUT2D eigenvalue weighted by atomic mass is 10.1. The Morgan fingerprint density at radius 1 is 1.10 bits per heavy atom. The van der Waals surface area contributed by atoms with Gasteiger partial charge in [0.1, 0.15) is 6.54 Å². The van der Waals surface area contributed by atoms with E-state index in [9.17, 15) is 18.0 Å². The van der Waals surface area contributed by atoms with Gasteiger partial charge < -0.3 is 9.72 Å². The molecule has 0 saturated carbocycles. The standard InChI is InChI=1S/C21H22N2O5S/c1-13-8-9-16(10-14(13)2)29(26,27)23-12-20(24)28-15(3)21(25)18-11-22-19-7-5-4-6-17(18)19/h4-11,15,22-23H,12H2,1-3H3. The van der Waals surface area contributed by atoms with Gasteiger partial charge in [-0.2, -0.15) is 4.72 Å². The molecule has 152 valence electrons. The van der Waals surface area contributed by atoms with Crippen molar-refractivity contribution in [2.75, 3.05) is 6.54 Å². The molecule has 0 spiro atoms. The van der Waals surface area contributed by atoms with Crippen molar-refractivity contribution < 1.29 is 22.7 Å². The number of esters is 1. The fourth-order valence-corrected chi connectivity index (χ4v) is 3.96. The van der Waals surface area contributed by atoms with E-state index in [-0.39, 0.29) is 10.7 Å². The highest BCUT2D eigenvalue weighted by atomic mass is 32.2. The Hall–Kier alpha value is -2.97. The molecular weight excluding hydrogens is 392 g/mol. The molecule has 0 amide bonds. The highest BCUT2D eigenvalue weighted by molar-refractivity contribution is 7.89. The van der Waals surface area contributed by atoms with Gasteiger partial charge in [0.05, 0.1) is 4.90 Å². The van der Waals surface area contributed by atoms with Crippen LogP contribution in [0.2, 0.25) is 0 Å². The molecule has 0 saturated heterocycles. The van der Waals surface area contributed by atoms with Gasteiger partial charge in [-0.1, -0.05) is 24.3 Å². The molecule has 2 aromatic carbocycles. The number of aromatic nitrogens is 1. The average Bonchev–Trinajstić information content (AvgIpc) is 3.12. The van der Waals surface area contributed by atoms with Crippen molar-refractivity contribution in [3.05, 3.63) is 65.4 Å². The zero-order valence-electron chi connectivity index (χ0n) is 16.4. The molecule has 7 nitrogen and oxygen atoms in total. The topological polar surface area (TPSA) is 105 Å². The maximum atomic E-state index is 12.6. The lowest BCUT2D eigenvalue weighted by molar-refractivity contribution is -0.144. The van der Waals surface area contributed by atoms with Crippen LogP contribution < -0.4 is 4.72 Å². The number of hydrogen-bond acceptors (Lipinski definition) is 5. The second-order valence-corrected chi connectivity index (χ2v) is 8.58. The molecule has 2 N–H and O–H groups in total. The zero-order chi connectivity index (χ0) is 21.2. The van der Waals surface area contributed by atoms with Crippen LogP contribution in [0.4, 0.5) is 0 Å². The summed E-state index contributed by atoms with van der Waals surface area (Å²) >= 11 is 0. The second kappa shape index (κ2) is 8.18. The summed E-state index contributed by atoms with van der Waals surface area (Å²) < 4.78 is 32.1. The van der Waals surface area contributed by atoms with Gasteiger partial charge >= 0.3 is 5.97 Å². The minimum Gasteiger partial charge on any atom is -0.453 e. The highest BCUT2D eigenvalue weighted by Gasteiger charge is 2.23. The van der Waals surface area contributed by atoms with E-state index in [4.69, 9.17) is 4.74 Å². The summed E-state index contributed by atoms with van der Waals surface area (Å²) in [5.41, 5.74) is 3.01. The predicted octanol–water partition coefficient (Wildman–Crippen LogP) is 2.88. The van der Waals surface area contributed by atoms with Crippen LogP contribution in [0.1, 0.15) is 28.4 Å². The number of ether oxygens (including phenoxy) is 1. The Balaban J connectivity index is 1.62. The largest absolute Gasteiger partial charge is 0.453 e. The van der Waals surface area contributed by atoms with Crippen LogP contribution in [0.15, 0.2) is 53.6 Å². The fraction of sp³-hybridized carbons (Fsp3) is 0.238. The van der Waals surface area contributed by atoms with Crippen LogP contribution in [0.3, 0.4) is 0 Å². The Morgan fingerprint density at radius 2 is 1.83 bits per heavy atom. The molecule has 0 aliphatic heterocycles. The summed E-state index contributed by atoms with van der Waals surface area (Å²) in [4.78, 5) is 27.8. The first-order valence-corrected chi connectivity index (χ1v) is 10.5. The summed E-state index contributed by atoms with van der Waals surface area (Å²) in [6, 6.07) is 12.0. The number of aromatic amines is 1. The number of nitrogens with one attached hydrogen (secondary N) is 2. The lowest BCUT2D eigenvalue weighted by Crippen LogP contribution is -2.34. The Morgan fingerprint density at radius 3 is 2.55 bits per heavy atom. The van der Waals surface area contributed by atoms with Crippen LogP contribution in [0.25, 0.3) is 10.9 Å². The number of benzene rings is 2. The smallest absolute Gasteiger partial charge is 0.321 e. The van der Waals surface area contributed by atoms with Crippen molar-refractivity contribution >= 4 is 32.7 Å². The molecule has 1 atom stereocenters. The lowest BCUT2D eigenvalue weighted by Gasteiger charge is -2.13. The number of aryl methyl sites for hydroxylation is 2. The molecule has 1 aromatic heterocycles. The van der Waals surface area contributed by atoms with Crippen LogP contribution >= 0.6 is 0 Å². The molecule has 1 heterocycles. The molecule has 3 rings (SSSR count). The zero-order valence-corrected chi connectivity index (χ0v) is 17.2. The van der Waals surface area contributed by atoms with Gasteiger partial charge in [0, 0.05) is 22.7 Å². The van der Waals surface area contributed by atoms with Crippen molar-refractivity contribution in [2.45, 2.75) is 31.8 Å². The van der Waals surface area contributed by atoms with E-state index in [1.165, 1.54) is 19.1 Å². The monoisotopic (exact) mass is 414 g/mol. The molecule has 1 unspecified atom stereocenters. The minimum absolute atomic E-state index is 0.0660. The van der Waals surface area contributed by atoms with E-state index in [1.807, 2.05) is 25.1 Å². The van der Waals surface area contributed by atoms with E-state index >= 15 is 0 Å². The van der Waals surface area contributed by atoms with E-state index in [2.05, 4.69) is 9.71 Å². The number of H-pyrrole nitrogens is 1. The first-order valence-electron chi connectivity index (χ1n) is 9.06. The summed E-state index contributed by atoms with van der Waals surface area (Å²) in [6.07, 6.45) is 0.521. The quantitative estimate of drug-likeness (QED) is 0.457. The number of carbonyl (C=O) groups is 2. The number of sulfonamides is 1. The molecule has 29 heavy (non-hydrogen) atoms. The van der Waals surface area contributed by atoms with E-state index < -0.39 is 28.6 Å². The summed E-state index contributed by atoms with van der Waals surface area (Å²) in [5.74, 6) is -1.20. The van der Waals surface area contributed by atoms with Crippen LogP contribution in [-0.2, 0) is 19.6 Å². The van der Waals surface area contributed by atoms with E-state index in [0.29, 0.717) is 5.56 Å². The van der Waals surface area contributed by atoms with Crippen molar-refractivity contribution in [3.63, 3.8) is 0 Å². The number of fused-ring (bicyclic) bond motifs is 1. The third-order valence-electron chi connectivity index (χ3n) is 4.73. The molecule has 3 aromatic rings. The molecule has 0 aliphatic carbocycles. The first kappa shape index (κ1) is 20.8. The van der Waals surface area contributed by atoms with E-state index in [0.717, 1.165) is 22.0 Å². The fourth-order valence-electron chi connectivity index (χ4n) is 2.91. The number of rotatable bonds is 7. The Labute approximate surface area is 169 Å². The Kier molecular flexibility index (Phi) is 5.86. The maximum absolute atomic E-state index is 12.6. The van der Waals surface area contributed by atoms with Gasteiger partial charge in [-0.15, -0.1) is 0 Å². The second-order valence-electron chi connectivity index (χ2n) is 6.81. The normalized spacial score (nSPS) is 12.7. The van der Waals surface area contributed by atoms with Gasteiger partial charge in [0.25, 0.3) is 0 Å².